The van der Waals surface area contributed by atoms with Crippen LogP contribution >= 0.6 is 0 Å². The van der Waals surface area contributed by atoms with Gasteiger partial charge in [0, 0.05) is 6.07 Å². The molecule has 3 N–H and O–H groups in total. The molecule has 0 aromatic heterocycles. The highest BCUT2D eigenvalue weighted by atomic mass is 16.5. The predicted octanol–water partition coefficient (Wildman–Crippen LogP) is 2.25. The number of ether oxygens (including phenoxy) is 2. The maximum absolute atomic E-state index is 12.6. The van der Waals surface area contributed by atoms with Crippen LogP contribution in [0.25, 0.3) is 0 Å². The quantitative estimate of drug-likeness (QED) is 0.752. The van der Waals surface area contributed by atoms with E-state index in [-0.39, 0.29) is 46.7 Å². The number of fused-ring (bicyclic) bond motifs is 1. The number of aromatic hydroxyl groups is 3. The summed E-state index contributed by atoms with van der Waals surface area (Å²) in [5.41, 5.74) is 0.837. The normalized spacial score (nSPS) is 16.6. The van der Waals surface area contributed by atoms with E-state index in [9.17, 15) is 20.1 Å². The molecule has 3 rings (SSSR count). The van der Waals surface area contributed by atoms with Gasteiger partial charge in [0.1, 0.15) is 17.1 Å². The standard InChI is InChI=1S/C17H16O6/c1-22-13-7-12(19)14-15(20)10(8-23-17(14)16(13)21)6-9-2-4-11(18)5-3-9/h2-5,7,10,18-19,21H,6,8H2,1H3/t10-/m0/s1. The molecule has 0 unspecified atom stereocenters. The minimum atomic E-state index is -0.481. The van der Waals surface area contributed by atoms with E-state index in [4.69, 9.17) is 9.47 Å². The van der Waals surface area contributed by atoms with Gasteiger partial charge in [0.05, 0.1) is 19.6 Å². The van der Waals surface area contributed by atoms with Crippen LogP contribution in [0.1, 0.15) is 15.9 Å². The van der Waals surface area contributed by atoms with Crippen molar-refractivity contribution in [1.82, 2.24) is 0 Å². The molecule has 6 heteroatoms. The second-order valence-corrected chi connectivity index (χ2v) is 5.39. The Kier molecular flexibility index (Phi) is 3.73. The van der Waals surface area contributed by atoms with E-state index in [1.165, 1.54) is 13.2 Å². The molecule has 0 fully saturated rings. The summed E-state index contributed by atoms with van der Waals surface area (Å²) >= 11 is 0. The van der Waals surface area contributed by atoms with Crippen LogP contribution in [0.5, 0.6) is 28.7 Å². The zero-order valence-electron chi connectivity index (χ0n) is 12.4. The molecule has 1 aliphatic rings. The van der Waals surface area contributed by atoms with E-state index in [1.54, 1.807) is 24.3 Å². The Morgan fingerprint density at radius 3 is 2.57 bits per heavy atom. The third-order valence-corrected chi connectivity index (χ3v) is 3.88. The largest absolute Gasteiger partial charge is 0.508 e. The molecule has 2 aromatic carbocycles. The SMILES string of the molecule is COc1cc(O)c2c(c1O)OC[C@H](Cc1ccc(O)cc1)C2=O. The second kappa shape index (κ2) is 5.72. The van der Waals surface area contributed by atoms with Crippen molar-refractivity contribution in [3.8, 4) is 28.7 Å². The van der Waals surface area contributed by atoms with Gasteiger partial charge in [0.15, 0.2) is 17.3 Å². The number of methoxy groups -OCH3 is 1. The molecule has 120 valence electrons. The molecule has 6 nitrogen and oxygen atoms in total. The molecule has 1 aliphatic heterocycles. The fourth-order valence-corrected chi connectivity index (χ4v) is 2.68. The lowest BCUT2D eigenvalue weighted by atomic mass is 9.89. The highest BCUT2D eigenvalue weighted by Crippen LogP contribution is 2.47. The smallest absolute Gasteiger partial charge is 0.201 e. The first kappa shape index (κ1) is 15.0. The third-order valence-electron chi connectivity index (χ3n) is 3.88. The van der Waals surface area contributed by atoms with Gasteiger partial charge in [-0.05, 0) is 24.1 Å². The fourth-order valence-electron chi connectivity index (χ4n) is 2.68. The Morgan fingerprint density at radius 1 is 1.22 bits per heavy atom. The van der Waals surface area contributed by atoms with Gasteiger partial charge < -0.3 is 24.8 Å². The van der Waals surface area contributed by atoms with Crippen LogP contribution in [0.2, 0.25) is 0 Å². The molecule has 0 amide bonds. The van der Waals surface area contributed by atoms with E-state index in [1.807, 2.05) is 0 Å². The van der Waals surface area contributed by atoms with Gasteiger partial charge in [-0.15, -0.1) is 0 Å². The highest BCUT2D eigenvalue weighted by molar-refractivity contribution is 6.05. The molecule has 0 bridgehead atoms. The van der Waals surface area contributed by atoms with Crippen LogP contribution in [-0.4, -0.2) is 34.8 Å². The van der Waals surface area contributed by atoms with Gasteiger partial charge in [-0.1, -0.05) is 12.1 Å². The molecule has 0 saturated carbocycles. The topological polar surface area (TPSA) is 96.2 Å². The molecule has 0 spiro atoms. The molecule has 1 heterocycles. The van der Waals surface area contributed by atoms with Crippen molar-refractivity contribution in [1.29, 1.82) is 0 Å². The fraction of sp³-hybridized carbons (Fsp3) is 0.235. The molecular weight excluding hydrogens is 300 g/mol. The van der Waals surface area contributed by atoms with Crippen LogP contribution in [0.3, 0.4) is 0 Å². The van der Waals surface area contributed by atoms with Crippen molar-refractivity contribution in [2.75, 3.05) is 13.7 Å². The number of rotatable bonds is 3. The summed E-state index contributed by atoms with van der Waals surface area (Å²) in [5, 5.41) is 29.4. The average Bonchev–Trinajstić information content (AvgIpc) is 2.54. The van der Waals surface area contributed by atoms with E-state index in [0.717, 1.165) is 5.56 Å². The summed E-state index contributed by atoms with van der Waals surface area (Å²) in [6, 6.07) is 7.74. The minimum Gasteiger partial charge on any atom is -0.508 e. The number of carbonyl (C=O) groups is 1. The van der Waals surface area contributed by atoms with Gasteiger partial charge in [-0.25, -0.2) is 0 Å². The third kappa shape index (κ3) is 2.63. The number of ketones is 1. The number of hydrogen-bond donors (Lipinski definition) is 3. The van der Waals surface area contributed by atoms with Crippen molar-refractivity contribution >= 4 is 5.78 Å². The summed E-state index contributed by atoms with van der Waals surface area (Å²) in [6.07, 6.45) is 0.408. The molecule has 23 heavy (non-hydrogen) atoms. The summed E-state index contributed by atoms with van der Waals surface area (Å²) in [5.74, 6) is -1.20. The lowest BCUT2D eigenvalue weighted by molar-refractivity contribution is 0.0820. The first-order chi connectivity index (χ1) is 11.0. The van der Waals surface area contributed by atoms with Crippen molar-refractivity contribution in [2.24, 2.45) is 5.92 Å². The Hall–Kier alpha value is -2.89. The number of phenolic OH excluding ortho intramolecular Hbond substituents is 3. The lowest BCUT2D eigenvalue weighted by Gasteiger charge is -2.26. The van der Waals surface area contributed by atoms with Crippen LogP contribution in [0.15, 0.2) is 30.3 Å². The van der Waals surface area contributed by atoms with Crippen molar-refractivity contribution in [2.45, 2.75) is 6.42 Å². The zero-order valence-corrected chi connectivity index (χ0v) is 12.4. The Morgan fingerprint density at radius 2 is 1.91 bits per heavy atom. The van der Waals surface area contributed by atoms with E-state index >= 15 is 0 Å². The maximum Gasteiger partial charge on any atom is 0.201 e. The van der Waals surface area contributed by atoms with Gasteiger partial charge in [-0.2, -0.15) is 0 Å². The number of phenols is 3. The van der Waals surface area contributed by atoms with E-state index < -0.39 is 5.92 Å². The number of hydrogen-bond acceptors (Lipinski definition) is 6. The van der Waals surface area contributed by atoms with Crippen molar-refractivity contribution in [3.63, 3.8) is 0 Å². The molecule has 2 aromatic rings. The molecule has 0 radical (unpaired) electrons. The summed E-state index contributed by atoms with van der Waals surface area (Å²) < 4.78 is 10.4. The van der Waals surface area contributed by atoms with Crippen LogP contribution < -0.4 is 9.47 Å². The van der Waals surface area contributed by atoms with E-state index in [0.29, 0.717) is 6.42 Å². The molecular formula is C17H16O6. The average molecular weight is 316 g/mol. The number of benzene rings is 2. The lowest BCUT2D eigenvalue weighted by Crippen LogP contribution is -2.29. The monoisotopic (exact) mass is 316 g/mol. The number of carbonyl (C=O) groups excluding carboxylic acids is 1. The molecule has 0 aliphatic carbocycles. The zero-order chi connectivity index (χ0) is 16.6. The van der Waals surface area contributed by atoms with Crippen LogP contribution in [-0.2, 0) is 6.42 Å². The predicted molar refractivity (Wildman–Crippen MR) is 81.4 cm³/mol. The van der Waals surface area contributed by atoms with E-state index in [2.05, 4.69) is 0 Å². The van der Waals surface area contributed by atoms with Gasteiger partial charge in [0.25, 0.3) is 0 Å². The van der Waals surface area contributed by atoms with Crippen LogP contribution in [0, 0.1) is 5.92 Å². The second-order valence-electron chi connectivity index (χ2n) is 5.39. The van der Waals surface area contributed by atoms with Crippen LogP contribution in [0.4, 0.5) is 0 Å². The number of Topliss-reactive ketones (excluding diaryl/α,β-unsaturated/α-hetero) is 1. The highest BCUT2D eigenvalue weighted by Gasteiger charge is 2.35. The Bertz CT molecular complexity index is 751. The minimum absolute atomic E-state index is 0.0293. The summed E-state index contributed by atoms with van der Waals surface area (Å²) in [6.45, 7) is 0.0902. The summed E-state index contributed by atoms with van der Waals surface area (Å²) in [4.78, 5) is 12.6. The molecule has 0 saturated heterocycles. The maximum atomic E-state index is 12.6. The molecule has 1 atom stereocenters. The Labute approximate surface area is 132 Å². The summed E-state index contributed by atoms with van der Waals surface area (Å²) in [7, 11) is 1.35. The van der Waals surface area contributed by atoms with Crippen molar-refractivity contribution < 1.29 is 29.6 Å². The Balaban J connectivity index is 1.91. The van der Waals surface area contributed by atoms with Gasteiger partial charge in [0.2, 0.25) is 5.75 Å². The van der Waals surface area contributed by atoms with Gasteiger partial charge >= 0.3 is 0 Å². The first-order valence-electron chi connectivity index (χ1n) is 7.09. The van der Waals surface area contributed by atoms with Gasteiger partial charge in [-0.3, -0.25) is 4.79 Å². The van der Waals surface area contributed by atoms with Crippen molar-refractivity contribution in [3.05, 3.63) is 41.5 Å². The first-order valence-corrected chi connectivity index (χ1v) is 7.09.